The summed E-state index contributed by atoms with van der Waals surface area (Å²) in [5.74, 6) is -0.356. The highest BCUT2D eigenvalue weighted by Crippen LogP contribution is 2.26. The van der Waals surface area contributed by atoms with Gasteiger partial charge in [0.25, 0.3) is 0 Å². The second-order valence-corrected chi connectivity index (χ2v) is 9.49. The predicted octanol–water partition coefficient (Wildman–Crippen LogP) is 1.92. The van der Waals surface area contributed by atoms with Crippen LogP contribution in [0.4, 0.5) is 0 Å². The van der Waals surface area contributed by atoms with Gasteiger partial charge >= 0.3 is 0 Å². The Balaban J connectivity index is 1.66. The van der Waals surface area contributed by atoms with E-state index in [1.54, 1.807) is 4.90 Å². The Morgan fingerprint density at radius 1 is 1.39 bits per heavy atom. The van der Waals surface area contributed by atoms with Crippen LogP contribution in [-0.2, 0) is 19.1 Å². The van der Waals surface area contributed by atoms with Crippen LogP contribution in [0.5, 0.6) is 0 Å². The lowest BCUT2D eigenvalue weighted by atomic mass is 10.0. The summed E-state index contributed by atoms with van der Waals surface area (Å²) in [6, 6.07) is 0.641. The van der Waals surface area contributed by atoms with E-state index in [9.17, 15) is 14.7 Å². The monoisotopic (exact) mass is 453 g/mol. The minimum absolute atomic E-state index is 0.0442. The molecule has 31 heavy (non-hydrogen) atoms. The number of aryl methyl sites for hydroxylation is 1. The summed E-state index contributed by atoms with van der Waals surface area (Å²) in [6.07, 6.45) is 0.737. The SMILES string of the molecule is CCO[C@@H]1OCC[C@@H]1NC(=O)[C@@H]1CCCN1C(=O)[C@@H](NC(O)c1sccc1C)C(C)C. The number of aliphatic hydroxyl groups excluding tert-OH is 1. The van der Waals surface area contributed by atoms with Crippen LogP contribution in [0.3, 0.4) is 0 Å². The van der Waals surface area contributed by atoms with Crippen molar-refractivity contribution < 1.29 is 24.2 Å². The lowest BCUT2D eigenvalue weighted by Gasteiger charge is -2.32. The molecule has 3 N–H and O–H groups in total. The van der Waals surface area contributed by atoms with Crippen molar-refractivity contribution in [2.45, 2.75) is 77.6 Å². The van der Waals surface area contributed by atoms with Gasteiger partial charge in [-0.15, -0.1) is 11.3 Å². The number of carbonyl (C=O) groups excluding carboxylic acids is 2. The van der Waals surface area contributed by atoms with Crippen molar-refractivity contribution >= 4 is 23.2 Å². The number of ether oxygens (including phenoxy) is 2. The lowest BCUT2D eigenvalue weighted by molar-refractivity contribution is -0.144. The number of hydrogen-bond donors (Lipinski definition) is 3. The van der Waals surface area contributed by atoms with E-state index in [2.05, 4.69) is 10.6 Å². The molecular formula is C22H35N3O5S. The molecule has 2 aliphatic rings. The third kappa shape index (κ3) is 5.64. The molecule has 2 fully saturated rings. The van der Waals surface area contributed by atoms with Crippen LogP contribution < -0.4 is 10.6 Å². The van der Waals surface area contributed by atoms with E-state index < -0.39 is 24.6 Å². The Bertz CT molecular complexity index is 755. The Morgan fingerprint density at radius 2 is 2.16 bits per heavy atom. The zero-order valence-electron chi connectivity index (χ0n) is 18.8. The highest BCUT2D eigenvalue weighted by molar-refractivity contribution is 7.10. The summed E-state index contributed by atoms with van der Waals surface area (Å²) >= 11 is 1.46. The highest BCUT2D eigenvalue weighted by atomic mass is 32.1. The van der Waals surface area contributed by atoms with Crippen molar-refractivity contribution in [2.24, 2.45) is 5.92 Å². The number of aliphatic hydroxyl groups is 1. The van der Waals surface area contributed by atoms with Gasteiger partial charge in [0, 0.05) is 13.2 Å². The number of thiophene rings is 1. The minimum Gasteiger partial charge on any atom is -0.373 e. The van der Waals surface area contributed by atoms with Crippen LogP contribution in [0.2, 0.25) is 0 Å². The van der Waals surface area contributed by atoms with E-state index in [1.165, 1.54) is 11.3 Å². The van der Waals surface area contributed by atoms with Gasteiger partial charge in [-0.25, -0.2) is 0 Å². The number of nitrogens with zero attached hydrogens (tertiary/aromatic N) is 1. The number of rotatable bonds is 9. The van der Waals surface area contributed by atoms with Gasteiger partial charge in [0.1, 0.15) is 12.3 Å². The number of likely N-dealkylation sites (tertiary alicyclic amines) is 1. The molecule has 9 heteroatoms. The van der Waals surface area contributed by atoms with Crippen LogP contribution >= 0.6 is 11.3 Å². The molecule has 3 rings (SSSR count). The quantitative estimate of drug-likeness (QED) is 0.494. The van der Waals surface area contributed by atoms with E-state index in [0.29, 0.717) is 32.6 Å². The lowest BCUT2D eigenvalue weighted by Crippen LogP contribution is -2.56. The molecule has 2 amide bonds. The molecule has 5 atom stereocenters. The molecular weight excluding hydrogens is 418 g/mol. The van der Waals surface area contributed by atoms with Gasteiger partial charge in [0.2, 0.25) is 11.8 Å². The van der Waals surface area contributed by atoms with Crippen molar-refractivity contribution in [3.05, 3.63) is 21.9 Å². The summed E-state index contributed by atoms with van der Waals surface area (Å²) in [6.45, 7) is 9.30. The maximum absolute atomic E-state index is 13.4. The van der Waals surface area contributed by atoms with Gasteiger partial charge in [-0.2, -0.15) is 0 Å². The van der Waals surface area contributed by atoms with E-state index in [0.717, 1.165) is 16.9 Å². The molecule has 8 nitrogen and oxygen atoms in total. The first-order valence-corrected chi connectivity index (χ1v) is 12.0. The summed E-state index contributed by atoms with van der Waals surface area (Å²) < 4.78 is 11.1. The fourth-order valence-electron chi connectivity index (χ4n) is 4.25. The molecule has 174 valence electrons. The minimum atomic E-state index is -0.922. The standard InChI is InChI=1S/C22H35N3O5S/c1-5-29-22-15(8-11-30-22)23-19(26)16-7-6-10-25(16)21(28)17(13(2)3)24-20(27)18-14(4)9-12-31-18/h9,12-13,15-17,20,22,24,27H,5-8,10-11H2,1-4H3,(H,23,26)/t15-,16-,17-,20?,22+/m0/s1. The van der Waals surface area contributed by atoms with Crippen molar-refractivity contribution in [3.63, 3.8) is 0 Å². The van der Waals surface area contributed by atoms with E-state index in [-0.39, 0.29) is 23.8 Å². The molecule has 0 bridgehead atoms. The third-order valence-corrected chi connectivity index (χ3v) is 7.03. The fourth-order valence-corrected chi connectivity index (χ4v) is 5.12. The molecule has 2 saturated heterocycles. The first kappa shape index (κ1) is 24.1. The molecule has 0 spiro atoms. The normalized spacial score (nSPS) is 25.7. The van der Waals surface area contributed by atoms with Gasteiger partial charge in [-0.3, -0.25) is 14.9 Å². The van der Waals surface area contributed by atoms with E-state index in [4.69, 9.17) is 9.47 Å². The fraction of sp³-hybridized carbons (Fsp3) is 0.727. The molecule has 1 aromatic heterocycles. The number of hydrogen-bond acceptors (Lipinski definition) is 7. The molecule has 1 aromatic rings. The largest absolute Gasteiger partial charge is 0.373 e. The summed E-state index contributed by atoms with van der Waals surface area (Å²) in [4.78, 5) is 28.9. The second-order valence-electron chi connectivity index (χ2n) is 8.55. The van der Waals surface area contributed by atoms with Crippen LogP contribution in [0.25, 0.3) is 0 Å². The molecule has 0 aromatic carbocycles. The van der Waals surface area contributed by atoms with Crippen LogP contribution in [0.15, 0.2) is 11.4 Å². The topological polar surface area (TPSA) is 100 Å². The van der Waals surface area contributed by atoms with E-state index in [1.807, 2.05) is 39.1 Å². The van der Waals surface area contributed by atoms with Gasteiger partial charge in [0.15, 0.2) is 6.29 Å². The predicted molar refractivity (Wildman–Crippen MR) is 118 cm³/mol. The summed E-state index contributed by atoms with van der Waals surface area (Å²) in [5, 5.41) is 18.7. The van der Waals surface area contributed by atoms with Crippen LogP contribution in [0.1, 0.15) is 56.7 Å². The molecule has 2 aliphatic heterocycles. The highest BCUT2D eigenvalue weighted by Gasteiger charge is 2.40. The van der Waals surface area contributed by atoms with Crippen LogP contribution in [-0.4, -0.2) is 66.0 Å². The third-order valence-electron chi connectivity index (χ3n) is 5.96. The van der Waals surface area contributed by atoms with Gasteiger partial charge < -0.3 is 24.8 Å². The first-order valence-electron chi connectivity index (χ1n) is 11.2. The van der Waals surface area contributed by atoms with Crippen molar-refractivity contribution in [2.75, 3.05) is 19.8 Å². The van der Waals surface area contributed by atoms with Crippen molar-refractivity contribution in [1.29, 1.82) is 0 Å². The van der Waals surface area contributed by atoms with Gasteiger partial charge in [0.05, 0.1) is 23.6 Å². The molecule has 1 unspecified atom stereocenters. The number of amides is 2. The van der Waals surface area contributed by atoms with Crippen molar-refractivity contribution in [3.8, 4) is 0 Å². The summed E-state index contributed by atoms with van der Waals surface area (Å²) in [5.41, 5.74) is 0.987. The number of nitrogens with one attached hydrogen (secondary N) is 2. The maximum Gasteiger partial charge on any atom is 0.243 e. The molecule has 3 heterocycles. The van der Waals surface area contributed by atoms with Gasteiger partial charge in [-0.1, -0.05) is 13.8 Å². The van der Waals surface area contributed by atoms with Crippen molar-refractivity contribution in [1.82, 2.24) is 15.5 Å². The van der Waals surface area contributed by atoms with Gasteiger partial charge in [-0.05, 0) is 56.0 Å². The average Bonchev–Trinajstić information content (AvgIpc) is 3.47. The van der Waals surface area contributed by atoms with Crippen LogP contribution in [0, 0.1) is 12.8 Å². The molecule has 0 radical (unpaired) electrons. The summed E-state index contributed by atoms with van der Waals surface area (Å²) in [7, 11) is 0. The Kier molecular flexibility index (Phi) is 8.46. The smallest absolute Gasteiger partial charge is 0.243 e. The Labute approximate surface area is 188 Å². The number of carbonyl (C=O) groups is 2. The first-order chi connectivity index (χ1) is 14.8. The second kappa shape index (κ2) is 10.9. The maximum atomic E-state index is 13.4. The zero-order chi connectivity index (χ0) is 22.5. The van der Waals surface area contributed by atoms with E-state index >= 15 is 0 Å². The Hall–Kier alpha value is -1.52. The zero-order valence-corrected chi connectivity index (χ0v) is 19.6. The molecule has 0 aliphatic carbocycles. The average molecular weight is 454 g/mol. The Morgan fingerprint density at radius 3 is 2.81 bits per heavy atom. The molecule has 0 saturated carbocycles.